The fourth-order valence-corrected chi connectivity index (χ4v) is 7.35. The summed E-state index contributed by atoms with van der Waals surface area (Å²) in [5, 5.41) is 0. The van der Waals surface area contributed by atoms with Crippen LogP contribution in [0.2, 0.25) is 0 Å². The minimum absolute atomic E-state index is 0.0785. The van der Waals surface area contributed by atoms with E-state index >= 15 is 0 Å². The molecule has 0 bridgehead atoms. The van der Waals surface area contributed by atoms with Gasteiger partial charge in [-0.3, -0.25) is 9.78 Å². The number of carbonyl (C=O) groups excluding carboxylic acids is 1. The molecule has 0 aliphatic heterocycles. The van der Waals surface area contributed by atoms with Gasteiger partial charge in [-0.25, -0.2) is 13.1 Å². The lowest BCUT2D eigenvalue weighted by molar-refractivity contribution is -0.120. The van der Waals surface area contributed by atoms with E-state index < -0.39 is 10.0 Å². The zero-order valence-electron chi connectivity index (χ0n) is 23.5. The Hall–Kier alpha value is -3.81. The van der Waals surface area contributed by atoms with Crippen molar-refractivity contribution in [2.45, 2.75) is 62.9 Å². The first kappa shape index (κ1) is 27.4. The molecule has 3 aromatic carbocycles. The predicted octanol–water partition coefficient (Wildman–Crippen LogP) is 6.39. The predicted molar refractivity (Wildman–Crippen MR) is 161 cm³/mol. The van der Waals surface area contributed by atoms with Crippen LogP contribution >= 0.6 is 0 Å². The molecule has 2 aliphatic rings. The molecule has 6 rings (SSSR count). The van der Waals surface area contributed by atoms with Crippen LogP contribution in [0.4, 0.5) is 5.69 Å². The van der Waals surface area contributed by atoms with Crippen LogP contribution in [-0.4, -0.2) is 19.3 Å². The second-order valence-corrected chi connectivity index (χ2v) is 13.0. The molecule has 3 atom stereocenters. The number of rotatable bonds is 8. The monoisotopic (exact) mass is 565 g/mol. The quantitative estimate of drug-likeness (QED) is 0.268. The summed E-state index contributed by atoms with van der Waals surface area (Å²) < 4.78 is 29.7. The van der Waals surface area contributed by atoms with Crippen molar-refractivity contribution in [3.05, 3.63) is 125 Å². The molecule has 1 saturated carbocycles. The third-order valence-electron chi connectivity index (χ3n) is 8.22. The Morgan fingerprint density at radius 3 is 2.54 bits per heavy atom. The van der Waals surface area contributed by atoms with Crippen molar-refractivity contribution in [2.75, 3.05) is 4.90 Å². The number of fused-ring (bicyclic) bond motifs is 1. The van der Waals surface area contributed by atoms with E-state index in [4.69, 9.17) is 0 Å². The van der Waals surface area contributed by atoms with E-state index in [-0.39, 0.29) is 28.7 Å². The second kappa shape index (κ2) is 11.2. The Balaban J connectivity index is 1.32. The molecule has 0 unspecified atom stereocenters. The van der Waals surface area contributed by atoms with Gasteiger partial charge >= 0.3 is 0 Å². The number of hydrogen-bond donors (Lipinski definition) is 1. The highest BCUT2D eigenvalue weighted by Gasteiger charge is 2.46. The van der Waals surface area contributed by atoms with Gasteiger partial charge in [-0.05, 0) is 104 Å². The topological polar surface area (TPSA) is 79.4 Å². The van der Waals surface area contributed by atoms with Crippen LogP contribution < -0.4 is 9.62 Å². The van der Waals surface area contributed by atoms with Crippen LogP contribution in [0.3, 0.4) is 0 Å². The van der Waals surface area contributed by atoms with Gasteiger partial charge in [-0.2, -0.15) is 0 Å². The number of benzene rings is 3. The summed E-state index contributed by atoms with van der Waals surface area (Å²) in [6.07, 6.45) is 3.30. The number of aromatic nitrogens is 1. The minimum Gasteiger partial charge on any atom is -0.306 e. The Morgan fingerprint density at radius 1 is 0.951 bits per heavy atom. The van der Waals surface area contributed by atoms with E-state index in [1.54, 1.807) is 18.2 Å². The van der Waals surface area contributed by atoms with E-state index in [0.717, 1.165) is 53.0 Å². The Kier molecular flexibility index (Phi) is 7.49. The minimum atomic E-state index is -3.71. The van der Waals surface area contributed by atoms with Crippen LogP contribution in [-0.2, 0) is 27.8 Å². The maximum absolute atomic E-state index is 14.1. The summed E-state index contributed by atoms with van der Waals surface area (Å²) in [6, 6.07) is 28.8. The summed E-state index contributed by atoms with van der Waals surface area (Å²) in [4.78, 5) is 20.9. The molecule has 1 heterocycles. The molecule has 41 heavy (non-hydrogen) atoms. The van der Waals surface area contributed by atoms with E-state index in [1.165, 1.54) is 5.56 Å². The molecule has 1 fully saturated rings. The molecule has 1 aromatic heterocycles. The van der Waals surface area contributed by atoms with Crippen LogP contribution in [0.25, 0.3) is 0 Å². The normalized spacial score (nSPS) is 19.8. The molecular weight excluding hydrogens is 530 g/mol. The Labute approximate surface area is 242 Å². The first-order valence-corrected chi connectivity index (χ1v) is 15.8. The highest BCUT2D eigenvalue weighted by atomic mass is 32.2. The first-order valence-electron chi connectivity index (χ1n) is 14.3. The third kappa shape index (κ3) is 5.97. The fourth-order valence-electron chi connectivity index (χ4n) is 6.00. The van der Waals surface area contributed by atoms with Gasteiger partial charge in [0, 0.05) is 23.3 Å². The van der Waals surface area contributed by atoms with Crippen LogP contribution in [0.5, 0.6) is 0 Å². The van der Waals surface area contributed by atoms with E-state index in [1.807, 2.05) is 73.3 Å². The van der Waals surface area contributed by atoms with Gasteiger partial charge in [0.2, 0.25) is 15.9 Å². The molecule has 0 spiro atoms. The van der Waals surface area contributed by atoms with E-state index in [9.17, 15) is 13.2 Å². The number of aryl methyl sites for hydroxylation is 3. The maximum atomic E-state index is 14.1. The van der Waals surface area contributed by atoms with E-state index in [2.05, 4.69) is 27.9 Å². The van der Waals surface area contributed by atoms with Gasteiger partial charge in [-0.1, -0.05) is 54.6 Å². The zero-order valence-corrected chi connectivity index (χ0v) is 24.3. The number of nitrogens with zero attached hydrogens (tertiary/aromatic N) is 2. The number of anilines is 1. The number of carbonyl (C=O) groups is 1. The summed E-state index contributed by atoms with van der Waals surface area (Å²) in [6.45, 7) is 4.20. The Morgan fingerprint density at radius 2 is 1.76 bits per heavy atom. The van der Waals surface area contributed by atoms with Crippen LogP contribution in [0, 0.1) is 19.8 Å². The van der Waals surface area contributed by atoms with Crippen molar-refractivity contribution in [1.82, 2.24) is 9.71 Å². The average Bonchev–Trinajstić information content (AvgIpc) is 3.77. The molecule has 7 heteroatoms. The number of sulfonamides is 1. The van der Waals surface area contributed by atoms with Crippen LogP contribution in [0.1, 0.15) is 64.9 Å². The largest absolute Gasteiger partial charge is 0.306 e. The number of amides is 1. The Bertz CT molecular complexity index is 1690. The summed E-state index contributed by atoms with van der Waals surface area (Å²) in [5.41, 5.74) is 6.64. The highest BCUT2D eigenvalue weighted by molar-refractivity contribution is 7.89. The summed E-state index contributed by atoms with van der Waals surface area (Å²) in [5.74, 6) is 0.201. The number of pyridine rings is 1. The number of hydrogen-bond acceptors (Lipinski definition) is 4. The van der Waals surface area contributed by atoms with Gasteiger partial charge < -0.3 is 4.90 Å². The second-order valence-electron chi connectivity index (χ2n) is 11.3. The van der Waals surface area contributed by atoms with Gasteiger partial charge in [-0.15, -0.1) is 0 Å². The fraction of sp³-hybridized carbons (Fsp3) is 0.294. The molecule has 1 amide bonds. The maximum Gasteiger partial charge on any atom is 0.241 e. The van der Waals surface area contributed by atoms with Crippen molar-refractivity contribution < 1.29 is 13.2 Å². The molecule has 1 N–H and O–H groups in total. The summed E-state index contributed by atoms with van der Waals surface area (Å²) in [7, 11) is -3.71. The molecule has 0 radical (unpaired) electrons. The van der Waals surface area contributed by atoms with Crippen LogP contribution in [0.15, 0.2) is 95.9 Å². The van der Waals surface area contributed by atoms with Crippen molar-refractivity contribution in [1.29, 1.82) is 0 Å². The standard InChI is InChI=1S/C34H35N3O3S/c1-23-9-6-15-29(19-23)41(39,40)36-33-16-8-13-26-17-18-28(20-31(26)33)37(22-27-14-7-10-24(2)35-27)34(38)32-21-30(32)25-11-4-3-5-12-25/h3-7,9-12,14-15,17-20,30,32-33,36H,8,13,16,21-22H2,1-2H3/t30-,32-,33+/m0/s1. The lowest BCUT2D eigenvalue weighted by Gasteiger charge is -2.29. The molecule has 4 aromatic rings. The average molecular weight is 566 g/mol. The SMILES string of the molecule is Cc1cccc(S(=O)(=O)N[C@@H]2CCCc3ccc(N(Cc4cccc(C)n4)C(=O)[C@H]4C[C@H]4c4ccccc4)cc32)c1. The molecular formula is C34H35N3O3S. The molecule has 210 valence electrons. The first-order chi connectivity index (χ1) is 19.8. The smallest absolute Gasteiger partial charge is 0.241 e. The van der Waals surface area contributed by atoms with Gasteiger partial charge in [0.1, 0.15) is 0 Å². The number of nitrogens with one attached hydrogen (secondary N) is 1. The lowest BCUT2D eigenvalue weighted by Crippen LogP contribution is -2.34. The van der Waals surface area contributed by atoms with Gasteiger partial charge in [0.25, 0.3) is 0 Å². The van der Waals surface area contributed by atoms with Crippen molar-refractivity contribution in [3.8, 4) is 0 Å². The molecule has 6 nitrogen and oxygen atoms in total. The van der Waals surface area contributed by atoms with Gasteiger partial charge in [0.15, 0.2) is 0 Å². The van der Waals surface area contributed by atoms with Crippen molar-refractivity contribution in [3.63, 3.8) is 0 Å². The molecule has 0 saturated heterocycles. The highest BCUT2D eigenvalue weighted by Crippen LogP contribution is 2.49. The van der Waals surface area contributed by atoms with E-state index in [0.29, 0.717) is 13.0 Å². The van der Waals surface area contributed by atoms with Crippen molar-refractivity contribution >= 4 is 21.6 Å². The van der Waals surface area contributed by atoms with Gasteiger partial charge in [0.05, 0.1) is 17.1 Å². The third-order valence-corrected chi connectivity index (χ3v) is 9.69. The van der Waals surface area contributed by atoms with Crippen molar-refractivity contribution in [2.24, 2.45) is 5.92 Å². The zero-order chi connectivity index (χ0) is 28.6. The molecule has 2 aliphatic carbocycles. The lowest BCUT2D eigenvalue weighted by atomic mass is 9.87. The summed E-state index contributed by atoms with van der Waals surface area (Å²) >= 11 is 0.